The van der Waals surface area contributed by atoms with Crippen molar-refractivity contribution < 1.29 is 4.74 Å². The van der Waals surface area contributed by atoms with Gasteiger partial charge in [-0.25, -0.2) is 0 Å². The van der Waals surface area contributed by atoms with E-state index in [0.29, 0.717) is 6.61 Å². The highest BCUT2D eigenvalue weighted by molar-refractivity contribution is 7.99. The Bertz CT molecular complexity index is 776. The van der Waals surface area contributed by atoms with Gasteiger partial charge in [0.25, 0.3) is 0 Å². The first-order chi connectivity index (χ1) is 12.9. The fourth-order valence-electron chi connectivity index (χ4n) is 2.46. The van der Waals surface area contributed by atoms with E-state index in [1.807, 2.05) is 49.4 Å². The smallest absolute Gasteiger partial charge is 0.214 e. The van der Waals surface area contributed by atoms with E-state index >= 15 is 0 Å². The second-order valence-corrected chi connectivity index (χ2v) is 6.73. The zero-order chi connectivity index (χ0) is 18.0. The molecule has 7 heteroatoms. The minimum atomic E-state index is 0.697. The monoisotopic (exact) mass is 369 g/mol. The molecule has 0 bridgehead atoms. The topological polar surface area (TPSA) is 64.9 Å². The quantitative estimate of drug-likeness (QED) is 0.437. The molecule has 2 aromatic carbocycles. The van der Waals surface area contributed by atoms with Crippen molar-refractivity contribution in [2.24, 2.45) is 0 Å². The third-order valence-corrected chi connectivity index (χ3v) is 4.74. The Morgan fingerprint density at radius 1 is 1.08 bits per heavy atom. The molecule has 136 valence electrons. The van der Waals surface area contributed by atoms with E-state index in [9.17, 15) is 0 Å². The molecule has 1 N–H and O–H groups in total. The summed E-state index contributed by atoms with van der Waals surface area (Å²) < 4.78 is 7.23. The normalized spacial score (nSPS) is 10.8. The Kier molecular flexibility index (Phi) is 7.04. The van der Waals surface area contributed by atoms with E-state index in [2.05, 4.69) is 33.0 Å². The molecular weight excluding hydrogens is 346 g/mol. The Morgan fingerprint density at radius 3 is 2.65 bits per heavy atom. The van der Waals surface area contributed by atoms with Gasteiger partial charge >= 0.3 is 0 Å². The zero-order valence-electron chi connectivity index (χ0n) is 14.8. The molecule has 0 aliphatic heterocycles. The highest BCUT2D eigenvalue weighted by Crippen LogP contribution is 2.18. The Balaban J connectivity index is 1.37. The number of tetrazole rings is 1. The molecule has 3 rings (SSSR count). The number of ether oxygens (including phenoxy) is 1. The zero-order valence-corrected chi connectivity index (χ0v) is 15.7. The van der Waals surface area contributed by atoms with Crippen molar-refractivity contribution in [2.45, 2.75) is 25.0 Å². The molecule has 3 aromatic rings. The molecular formula is C19H23N5OS. The van der Waals surface area contributed by atoms with Gasteiger partial charge in [-0.2, -0.15) is 4.68 Å². The molecule has 1 heterocycles. The minimum absolute atomic E-state index is 0.697. The van der Waals surface area contributed by atoms with Crippen molar-refractivity contribution in [3.05, 3.63) is 60.2 Å². The molecule has 0 unspecified atom stereocenters. The highest BCUT2D eigenvalue weighted by atomic mass is 32.2. The number of hydrogen-bond acceptors (Lipinski definition) is 6. The van der Waals surface area contributed by atoms with Gasteiger partial charge in [0.15, 0.2) is 0 Å². The molecule has 0 atom stereocenters. The molecule has 0 radical (unpaired) electrons. The molecule has 0 saturated carbocycles. The van der Waals surface area contributed by atoms with Crippen molar-refractivity contribution >= 4 is 11.8 Å². The van der Waals surface area contributed by atoms with Crippen LogP contribution >= 0.6 is 11.8 Å². The first-order valence-electron chi connectivity index (χ1n) is 8.76. The number of para-hydroxylation sites is 1. The first-order valence-corrected chi connectivity index (χ1v) is 9.74. The van der Waals surface area contributed by atoms with Crippen LogP contribution in [0.25, 0.3) is 5.69 Å². The molecule has 1 aromatic heterocycles. The van der Waals surface area contributed by atoms with Crippen molar-refractivity contribution in [3.63, 3.8) is 0 Å². The number of benzene rings is 2. The van der Waals surface area contributed by atoms with Gasteiger partial charge in [-0.3, -0.25) is 0 Å². The molecule has 6 nitrogen and oxygen atoms in total. The summed E-state index contributed by atoms with van der Waals surface area (Å²) in [6.45, 7) is 4.50. The average molecular weight is 369 g/mol. The lowest BCUT2D eigenvalue weighted by Crippen LogP contribution is -2.15. The summed E-state index contributed by atoms with van der Waals surface area (Å²) in [5.41, 5.74) is 2.24. The lowest BCUT2D eigenvalue weighted by atomic mass is 10.2. The standard InChI is InChI=1S/C19H23N5OS/c1-2-25-18-11-9-16(10-12-18)15-20-13-6-14-26-19-21-22-23-24(19)17-7-4-3-5-8-17/h3-5,7-12,20H,2,6,13-15H2,1H3. The van der Waals surface area contributed by atoms with Crippen LogP contribution in [0.5, 0.6) is 5.75 Å². The van der Waals surface area contributed by atoms with Crippen LogP contribution in [0.3, 0.4) is 0 Å². The number of thioether (sulfide) groups is 1. The molecule has 0 aliphatic carbocycles. The van der Waals surface area contributed by atoms with E-state index in [-0.39, 0.29) is 0 Å². The number of nitrogens with zero attached hydrogens (tertiary/aromatic N) is 4. The lowest BCUT2D eigenvalue weighted by Gasteiger charge is -2.07. The molecule has 0 aliphatic rings. The Hall–Kier alpha value is -2.38. The summed E-state index contributed by atoms with van der Waals surface area (Å²) >= 11 is 1.67. The molecule has 26 heavy (non-hydrogen) atoms. The molecule has 0 saturated heterocycles. The summed E-state index contributed by atoms with van der Waals surface area (Å²) in [6, 6.07) is 18.2. The number of rotatable bonds is 10. The summed E-state index contributed by atoms with van der Waals surface area (Å²) in [6.07, 6.45) is 1.04. The van der Waals surface area contributed by atoms with Crippen LogP contribution in [0.2, 0.25) is 0 Å². The van der Waals surface area contributed by atoms with Crippen LogP contribution < -0.4 is 10.1 Å². The van der Waals surface area contributed by atoms with Gasteiger partial charge in [-0.1, -0.05) is 42.1 Å². The van der Waals surface area contributed by atoms with Crippen LogP contribution in [0, 0.1) is 0 Å². The molecule has 0 spiro atoms. The maximum absolute atomic E-state index is 5.45. The third kappa shape index (κ3) is 5.31. The van der Waals surface area contributed by atoms with Gasteiger partial charge in [0.2, 0.25) is 5.16 Å². The van der Waals surface area contributed by atoms with E-state index < -0.39 is 0 Å². The number of hydrogen-bond donors (Lipinski definition) is 1. The third-order valence-electron chi connectivity index (χ3n) is 3.73. The summed E-state index contributed by atoms with van der Waals surface area (Å²) in [5, 5.41) is 16.3. The van der Waals surface area contributed by atoms with Gasteiger partial charge in [0.1, 0.15) is 5.75 Å². The van der Waals surface area contributed by atoms with Crippen LogP contribution in [0.15, 0.2) is 59.8 Å². The van der Waals surface area contributed by atoms with Gasteiger partial charge in [-0.15, -0.1) is 5.10 Å². The van der Waals surface area contributed by atoms with Gasteiger partial charge in [0, 0.05) is 12.3 Å². The minimum Gasteiger partial charge on any atom is -0.494 e. The van der Waals surface area contributed by atoms with Crippen LogP contribution in [-0.4, -0.2) is 39.1 Å². The van der Waals surface area contributed by atoms with E-state index in [1.165, 1.54) is 5.56 Å². The maximum Gasteiger partial charge on any atom is 0.214 e. The maximum atomic E-state index is 5.45. The predicted molar refractivity (Wildman–Crippen MR) is 104 cm³/mol. The predicted octanol–water partition coefficient (Wildman–Crippen LogP) is 3.33. The SMILES string of the molecule is CCOc1ccc(CNCCCSc2nnnn2-c2ccccc2)cc1. The van der Waals surface area contributed by atoms with E-state index in [0.717, 1.165) is 41.9 Å². The Labute approximate surface area is 158 Å². The van der Waals surface area contributed by atoms with Crippen molar-refractivity contribution in [1.82, 2.24) is 25.5 Å². The van der Waals surface area contributed by atoms with Gasteiger partial charge < -0.3 is 10.1 Å². The fourth-order valence-corrected chi connectivity index (χ4v) is 3.29. The lowest BCUT2D eigenvalue weighted by molar-refractivity contribution is 0.340. The highest BCUT2D eigenvalue weighted by Gasteiger charge is 2.07. The van der Waals surface area contributed by atoms with Crippen molar-refractivity contribution in [3.8, 4) is 11.4 Å². The van der Waals surface area contributed by atoms with Crippen LogP contribution in [0.4, 0.5) is 0 Å². The summed E-state index contributed by atoms with van der Waals surface area (Å²) in [4.78, 5) is 0. The molecule has 0 fully saturated rings. The van der Waals surface area contributed by atoms with Gasteiger partial charge in [-0.05, 0) is 60.1 Å². The average Bonchev–Trinajstić information content (AvgIpc) is 3.15. The second-order valence-electron chi connectivity index (χ2n) is 5.66. The van der Waals surface area contributed by atoms with Crippen molar-refractivity contribution in [1.29, 1.82) is 0 Å². The second kappa shape index (κ2) is 9.94. The van der Waals surface area contributed by atoms with Gasteiger partial charge in [0.05, 0.1) is 12.3 Å². The van der Waals surface area contributed by atoms with Crippen LogP contribution in [0.1, 0.15) is 18.9 Å². The summed E-state index contributed by atoms with van der Waals surface area (Å²) in [5.74, 6) is 1.88. The van der Waals surface area contributed by atoms with E-state index in [4.69, 9.17) is 4.74 Å². The molecule has 0 amide bonds. The van der Waals surface area contributed by atoms with Crippen LogP contribution in [-0.2, 0) is 6.54 Å². The number of nitrogens with one attached hydrogen (secondary N) is 1. The van der Waals surface area contributed by atoms with Crippen molar-refractivity contribution in [2.75, 3.05) is 18.9 Å². The first kappa shape index (κ1) is 18.4. The summed E-state index contributed by atoms with van der Waals surface area (Å²) in [7, 11) is 0. The Morgan fingerprint density at radius 2 is 1.88 bits per heavy atom. The van der Waals surface area contributed by atoms with E-state index in [1.54, 1.807) is 16.4 Å². The fraction of sp³-hybridized carbons (Fsp3) is 0.316. The number of aromatic nitrogens is 4. The largest absolute Gasteiger partial charge is 0.494 e.